The van der Waals surface area contributed by atoms with E-state index in [0.29, 0.717) is 6.61 Å². The van der Waals surface area contributed by atoms with Crippen LogP contribution in [0.2, 0.25) is 0 Å². The highest BCUT2D eigenvalue weighted by atomic mass is 31.2. The van der Waals surface area contributed by atoms with Crippen LogP contribution in [0, 0.1) is 5.92 Å². The monoisotopic (exact) mass is 516 g/mol. The van der Waals surface area contributed by atoms with Gasteiger partial charge >= 0.3 is 13.7 Å². The summed E-state index contributed by atoms with van der Waals surface area (Å²) >= 11 is 0. The molecule has 0 unspecified atom stereocenters. The van der Waals surface area contributed by atoms with Gasteiger partial charge in [0.15, 0.2) is 23.1 Å². The van der Waals surface area contributed by atoms with E-state index in [2.05, 4.69) is 20.0 Å². The van der Waals surface area contributed by atoms with Crippen LogP contribution in [0.4, 0.5) is 10.3 Å². The van der Waals surface area contributed by atoms with Gasteiger partial charge in [-0.15, -0.1) is 0 Å². The Balaban J connectivity index is 1.61. The zero-order valence-corrected chi connectivity index (χ0v) is 21.0. The van der Waals surface area contributed by atoms with Crippen molar-refractivity contribution in [2.24, 2.45) is 5.92 Å². The highest BCUT2D eigenvalue weighted by Crippen LogP contribution is 2.57. The van der Waals surface area contributed by atoms with Gasteiger partial charge in [0.1, 0.15) is 18.2 Å². The first kappa shape index (κ1) is 25.7. The van der Waals surface area contributed by atoms with Gasteiger partial charge in [0.05, 0.1) is 26.1 Å². The van der Waals surface area contributed by atoms with Gasteiger partial charge in [0, 0.05) is 0 Å². The summed E-state index contributed by atoms with van der Waals surface area (Å²) in [5, 5.41) is 2.62. The molecule has 2 fully saturated rings. The van der Waals surface area contributed by atoms with Crippen molar-refractivity contribution in [3.8, 4) is 5.88 Å². The van der Waals surface area contributed by atoms with E-state index in [1.807, 2.05) is 0 Å². The lowest BCUT2D eigenvalue weighted by Gasteiger charge is -2.36. The molecule has 15 heteroatoms. The molecule has 2 aromatic rings. The fourth-order valence-electron chi connectivity index (χ4n) is 4.12. The van der Waals surface area contributed by atoms with Crippen LogP contribution in [0.25, 0.3) is 11.2 Å². The number of hydrogen-bond acceptors (Lipinski definition) is 11. The molecule has 2 aliphatic rings. The number of esters is 1. The number of nitrogens with one attached hydrogen (secondary N) is 1. The normalized spacial score (nSPS) is 31.5. The molecule has 194 valence electrons. The molecule has 3 N–H and O–H groups in total. The summed E-state index contributed by atoms with van der Waals surface area (Å²) in [7, 11) is -4.09. The standard InChI is InChI=1S/C20H30FN6O7P/c1-6-30-16-13-15(24-19(22)25-16)27(9-23-13)18-20(5,21)14-11(33-18)8-32-35(29,34-14)26-12(10(3)4)17(28)31-7-2/h9-12,14,18H,6-8H2,1-5H3,(H,26,29)(H2,22,24,25)/t11-,12+,14-,18-,20-,35+/m1/s1. The minimum atomic E-state index is -4.09. The maximum atomic E-state index is 16.3. The van der Waals surface area contributed by atoms with Crippen LogP contribution in [0.3, 0.4) is 0 Å². The highest BCUT2D eigenvalue weighted by molar-refractivity contribution is 7.51. The average Bonchev–Trinajstić information content (AvgIpc) is 3.30. The van der Waals surface area contributed by atoms with Crippen LogP contribution >= 0.6 is 7.75 Å². The van der Waals surface area contributed by atoms with Crippen molar-refractivity contribution >= 4 is 30.8 Å². The lowest BCUT2D eigenvalue weighted by molar-refractivity contribution is -0.146. The van der Waals surface area contributed by atoms with Crippen molar-refractivity contribution in [3.63, 3.8) is 0 Å². The molecule has 2 saturated heterocycles. The number of fused-ring (bicyclic) bond motifs is 2. The summed E-state index contributed by atoms with van der Waals surface area (Å²) in [4.78, 5) is 24.8. The number of ether oxygens (including phenoxy) is 3. The molecule has 0 amide bonds. The number of nitrogens with two attached hydrogens (primary N) is 1. The first-order valence-corrected chi connectivity index (χ1v) is 12.9. The van der Waals surface area contributed by atoms with Crippen molar-refractivity contribution in [2.45, 2.75) is 64.8 Å². The molecule has 4 rings (SSSR count). The van der Waals surface area contributed by atoms with Gasteiger partial charge in [0.2, 0.25) is 11.8 Å². The first-order chi connectivity index (χ1) is 16.5. The van der Waals surface area contributed by atoms with Crippen molar-refractivity contribution in [2.75, 3.05) is 25.6 Å². The van der Waals surface area contributed by atoms with Crippen molar-refractivity contribution in [1.29, 1.82) is 0 Å². The number of halogens is 1. The van der Waals surface area contributed by atoms with Crippen LogP contribution in [-0.4, -0.2) is 69.2 Å². The van der Waals surface area contributed by atoms with Crippen LogP contribution in [0.5, 0.6) is 5.88 Å². The predicted octanol–water partition coefficient (Wildman–Crippen LogP) is 2.13. The molecule has 13 nitrogen and oxygen atoms in total. The Morgan fingerprint density at radius 1 is 1.40 bits per heavy atom. The van der Waals surface area contributed by atoms with E-state index in [-0.39, 0.29) is 42.1 Å². The summed E-state index contributed by atoms with van der Waals surface area (Å²) in [6, 6.07) is -0.976. The Hall–Kier alpha value is -2.38. The molecular weight excluding hydrogens is 486 g/mol. The minimum Gasteiger partial charge on any atom is -0.476 e. The second kappa shape index (κ2) is 9.58. The van der Waals surface area contributed by atoms with Gasteiger partial charge in [-0.05, 0) is 26.7 Å². The van der Waals surface area contributed by atoms with Gasteiger partial charge in [-0.2, -0.15) is 9.97 Å². The number of nitrogens with zero attached hydrogens (tertiary/aromatic N) is 4. The Kier molecular flexibility index (Phi) is 7.04. The van der Waals surface area contributed by atoms with Crippen LogP contribution in [0.1, 0.15) is 40.8 Å². The fraction of sp³-hybridized carbons (Fsp3) is 0.700. The second-order valence-corrected chi connectivity index (χ2v) is 10.5. The van der Waals surface area contributed by atoms with Gasteiger partial charge in [-0.25, -0.2) is 19.0 Å². The summed E-state index contributed by atoms with van der Waals surface area (Å²) < 4.78 is 58.6. The minimum absolute atomic E-state index is 0.0781. The Bertz CT molecular complexity index is 1140. The van der Waals surface area contributed by atoms with Gasteiger partial charge in [-0.1, -0.05) is 13.8 Å². The van der Waals surface area contributed by atoms with Crippen LogP contribution < -0.4 is 15.6 Å². The molecule has 0 bridgehead atoms. The number of aromatic nitrogens is 4. The smallest absolute Gasteiger partial charge is 0.406 e. The summed E-state index contributed by atoms with van der Waals surface area (Å²) in [6.45, 7) is 8.44. The third-order valence-electron chi connectivity index (χ3n) is 5.79. The predicted molar refractivity (Wildman–Crippen MR) is 121 cm³/mol. The fourth-order valence-corrected chi connectivity index (χ4v) is 6.04. The maximum absolute atomic E-state index is 16.3. The van der Waals surface area contributed by atoms with Crippen molar-refractivity contribution < 1.29 is 37.0 Å². The van der Waals surface area contributed by atoms with E-state index in [0.717, 1.165) is 0 Å². The quantitative estimate of drug-likeness (QED) is 0.389. The third-order valence-corrected chi connectivity index (χ3v) is 7.37. The largest absolute Gasteiger partial charge is 0.476 e. The molecule has 0 radical (unpaired) electrons. The second-order valence-electron chi connectivity index (χ2n) is 8.74. The number of rotatable bonds is 8. The molecule has 2 aliphatic heterocycles. The van der Waals surface area contributed by atoms with E-state index in [4.69, 9.17) is 29.0 Å². The number of alkyl halides is 1. The van der Waals surface area contributed by atoms with Crippen LogP contribution in [-0.2, 0) is 27.9 Å². The number of carbonyl (C=O) groups is 1. The van der Waals surface area contributed by atoms with E-state index in [9.17, 15) is 9.36 Å². The number of hydrogen-bond donors (Lipinski definition) is 2. The van der Waals surface area contributed by atoms with Gasteiger partial charge < -0.3 is 19.9 Å². The topological polar surface area (TPSA) is 162 Å². The van der Waals surface area contributed by atoms with Crippen molar-refractivity contribution in [3.05, 3.63) is 6.33 Å². The zero-order chi connectivity index (χ0) is 25.5. The Labute approximate surface area is 201 Å². The number of anilines is 1. The summed E-state index contributed by atoms with van der Waals surface area (Å²) in [6.07, 6.45) is -2.08. The Morgan fingerprint density at radius 3 is 2.80 bits per heavy atom. The van der Waals surface area contributed by atoms with E-state index < -0.39 is 43.9 Å². The van der Waals surface area contributed by atoms with Gasteiger partial charge in [-0.3, -0.25) is 18.4 Å². The highest BCUT2D eigenvalue weighted by Gasteiger charge is 2.61. The molecule has 0 spiro atoms. The number of nitrogen functional groups attached to an aromatic ring is 1. The lowest BCUT2D eigenvalue weighted by atomic mass is 9.98. The first-order valence-electron chi connectivity index (χ1n) is 11.3. The molecule has 0 aromatic carbocycles. The zero-order valence-electron chi connectivity index (χ0n) is 20.1. The van der Waals surface area contributed by atoms with E-state index in [1.54, 1.807) is 27.7 Å². The molecule has 35 heavy (non-hydrogen) atoms. The molecule has 6 atom stereocenters. The summed E-state index contributed by atoms with van der Waals surface area (Å²) in [5.74, 6) is -0.818. The maximum Gasteiger partial charge on any atom is 0.406 e. The molecule has 4 heterocycles. The lowest BCUT2D eigenvalue weighted by Crippen LogP contribution is -2.48. The third kappa shape index (κ3) is 4.73. The molecule has 0 aliphatic carbocycles. The molecule has 0 saturated carbocycles. The van der Waals surface area contributed by atoms with Crippen LogP contribution in [0.15, 0.2) is 6.33 Å². The van der Waals surface area contributed by atoms with E-state index >= 15 is 4.39 Å². The SMILES string of the molecule is CCOC(=O)[C@@H](N[P@]1(=O)OC[C@H]2O[C@@H](n3cnc4c(OCC)nc(N)nc43)[C@](C)(F)[C@@H]2O1)C(C)C. The van der Waals surface area contributed by atoms with Crippen molar-refractivity contribution in [1.82, 2.24) is 24.6 Å². The Morgan fingerprint density at radius 2 is 2.14 bits per heavy atom. The molecule has 2 aromatic heterocycles. The number of carbonyl (C=O) groups excluding carboxylic acids is 1. The van der Waals surface area contributed by atoms with Gasteiger partial charge in [0.25, 0.3) is 0 Å². The average molecular weight is 516 g/mol. The molecular formula is C20H30FN6O7P. The number of imidazole rings is 1. The summed E-state index contributed by atoms with van der Waals surface area (Å²) in [5.41, 5.74) is 4.11. The van der Waals surface area contributed by atoms with E-state index in [1.165, 1.54) is 17.8 Å².